The Labute approximate surface area is 126 Å². The zero-order valence-corrected chi connectivity index (χ0v) is 12.9. The summed E-state index contributed by atoms with van der Waals surface area (Å²) < 4.78 is 5.15. The van der Waals surface area contributed by atoms with E-state index >= 15 is 0 Å². The van der Waals surface area contributed by atoms with Gasteiger partial charge in [0.05, 0.1) is 10.0 Å². The lowest BCUT2D eigenvalue weighted by molar-refractivity contribution is -0.142. The summed E-state index contributed by atoms with van der Waals surface area (Å²) in [6, 6.07) is 4.90. The first-order valence-electron chi connectivity index (χ1n) is 5.75. The highest BCUT2D eigenvalue weighted by molar-refractivity contribution is 8.13. The predicted octanol–water partition coefficient (Wildman–Crippen LogP) is 4.62. The number of thioether (sulfide) groups is 1. The van der Waals surface area contributed by atoms with Crippen LogP contribution in [0.4, 0.5) is 0 Å². The van der Waals surface area contributed by atoms with Gasteiger partial charge >= 0.3 is 5.97 Å². The number of esters is 1. The number of ether oxygens (including phenoxy) is 1. The van der Waals surface area contributed by atoms with Crippen molar-refractivity contribution >= 4 is 46.0 Å². The summed E-state index contributed by atoms with van der Waals surface area (Å²) in [5, 5.41) is 0.747. The lowest BCUT2D eigenvalue weighted by Crippen LogP contribution is -2.08. The summed E-state index contributed by atoms with van der Waals surface area (Å²) >= 11 is 12.7. The smallest absolute Gasteiger partial charge is 0.304 e. The number of carbonyl (C=O) groups excluding carboxylic acids is 2. The Hall–Kier alpha value is -0.710. The van der Waals surface area contributed by atoms with Crippen LogP contribution < -0.4 is 0 Å². The second kappa shape index (κ2) is 7.78. The third-order valence-corrected chi connectivity index (χ3v) is 3.97. The van der Waals surface area contributed by atoms with Gasteiger partial charge in [-0.3, -0.25) is 9.59 Å². The van der Waals surface area contributed by atoms with Crippen molar-refractivity contribution in [1.29, 1.82) is 0 Å². The Morgan fingerprint density at radius 3 is 2.53 bits per heavy atom. The van der Waals surface area contributed by atoms with Crippen LogP contribution in [0.5, 0.6) is 0 Å². The summed E-state index contributed by atoms with van der Waals surface area (Å²) in [6.07, 6.45) is 1.18. The van der Waals surface area contributed by atoms with E-state index in [2.05, 4.69) is 0 Å². The van der Waals surface area contributed by atoms with Crippen molar-refractivity contribution in [3.05, 3.63) is 33.8 Å². The Morgan fingerprint density at radius 1 is 1.32 bits per heavy atom. The van der Waals surface area contributed by atoms with Gasteiger partial charge < -0.3 is 4.74 Å². The third-order valence-electron chi connectivity index (χ3n) is 2.18. The van der Waals surface area contributed by atoms with Crippen LogP contribution in [0.3, 0.4) is 0 Å². The van der Waals surface area contributed by atoms with Crippen LogP contribution in [0.1, 0.15) is 37.7 Å². The lowest BCUT2D eigenvalue weighted by Gasteiger charge is -2.16. The van der Waals surface area contributed by atoms with E-state index in [0.29, 0.717) is 22.0 Å². The molecule has 104 valence electrons. The molecular formula is C13H14Cl2O3S. The van der Waals surface area contributed by atoms with Gasteiger partial charge in [-0.1, -0.05) is 36.2 Å². The summed E-state index contributed by atoms with van der Waals surface area (Å²) in [5.74, 6) is -0.451. The molecule has 0 spiro atoms. The van der Waals surface area contributed by atoms with Crippen molar-refractivity contribution < 1.29 is 14.3 Å². The molecule has 1 unspecified atom stereocenters. The first-order chi connectivity index (χ1) is 8.93. The molecule has 1 aromatic rings. The van der Waals surface area contributed by atoms with Crippen molar-refractivity contribution in [2.75, 3.05) is 0 Å². The van der Waals surface area contributed by atoms with E-state index in [1.54, 1.807) is 18.2 Å². The molecule has 0 heterocycles. The Balaban J connectivity index is 2.91. The largest absolute Gasteiger partial charge is 0.446 e. The molecule has 0 aliphatic rings. The topological polar surface area (TPSA) is 43.4 Å². The minimum absolute atomic E-state index is 0.0279. The molecule has 0 fully saturated rings. The predicted molar refractivity (Wildman–Crippen MR) is 78.5 cm³/mol. The van der Waals surface area contributed by atoms with Crippen molar-refractivity contribution in [2.24, 2.45) is 0 Å². The molecule has 1 atom stereocenters. The Bertz CT molecular complexity index is 477. The zero-order chi connectivity index (χ0) is 14.4. The highest BCUT2D eigenvalue weighted by Crippen LogP contribution is 2.35. The quantitative estimate of drug-likeness (QED) is 0.586. The summed E-state index contributed by atoms with van der Waals surface area (Å²) in [7, 11) is 0. The van der Waals surface area contributed by atoms with Crippen molar-refractivity contribution in [2.45, 2.75) is 32.1 Å². The SMILES string of the molecule is CCCC(=O)SC(OC(C)=O)c1ccc(Cl)c(Cl)c1. The van der Waals surface area contributed by atoms with Crippen LogP contribution in [0.25, 0.3) is 0 Å². The van der Waals surface area contributed by atoms with E-state index in [4.69, 9.17) is 27.9 Å². The molecule has 0 saturated carbocycles. The molecule has 6 heteroatoms. The fourth-order valence-electron chi connectivity index (χ4n) is 1.35. The maximum absolute atomic E-state index is 11.7. The highest BCUT2D eigenvalue weighted by Gasteiger charge is 2.20. The standard InChI is InChI=1S/C13H14Cl2O3S/c1-3-4-12(17)19-13(18-8(2)16)9-5-6-10(14)11(15)7-9/h5-7,13H,3-4H2,1-2H3. The molecule has 0 saturated heterocycles. The number of halogens is 2. The van der Waals surface area contributed by atoms with Gasteiger partial charge in [-0.25, -0.2) is 0 Å². The normalized spacial score (nSPS) is 12.0. The van der Waals surface area contributed by atoms with Crippen LogP contribution in [-0.2, 0) is 14.3 Å². The highest BCUT2D eigenvalue weighted by atomic mass is 35.5. The maximum Gasteiger partial charge on any atom is 0.304 e. The van der Waals surface area contributed by atoms with E-state index in [1.807, 2.05) is 6.92 Å². The molecular weight excluding hydrogens is 307 g/mol. The minimum atomic E-state index is -0.689. The van der Waals surface area contributed by atoms with Gasteiger partial charge in [-0.15, -0.1) is 0 Å². The van der Waals surface area contributed by atoms with Gasteiger partial charge in [0, 0.05) is 18.9 Å². The van der Waals surface area contributed by atoms with Crippen molar-refractivity contribution in [1.82, 2.24) is 0 Å². The molecule has 19 heavy (non-hydrogen) atoms. The first kappa shape index (κ1) is 16.3. The minimum Gasteiger partial charge on any atom is -0.446 e. The number of carbonyl (C=O) groups is 2. The summed E-state index contributed by atoms with van der Waals surface area (Å²) in [6.45, 7) is 3.22. The van der Waals surface area contributed by atoms with E-state index in [0.717, 1.165) is 18.2 Å². The van der Waals surface area contributed by atoms with Gasteiger partial charge in [-0.2, -0.15) is 0 Å². The van der Waals surface area contributed by atoms with Gasteiger partial charge in [0.1, 0.15) is 0 Å². The molecule has 0 bridgehead atoms. The molecule has 0 N–H and O–H groups in total. The lowest BCUT2D eigenvalue weighted by atomic mass is 10.2. The second-order valence-corrected chi connectivity index (χ2v) is 5.79. The molecule has 0 aliphatic carbocycles. The number of hydrogen-bond donors (Lipinski definition) is 0. The monoisotopic (exact) mass is 320 g/mol. The average molecular weight is 321 g/mol. The number of benzene rings is 1. The van der Waals surface area contributed by atoms with Crippen LogP contribution in [0.2, 0.25) is 10.0 Å². The van der Waals surface area contributed by atoms with Crippen LogP contribution in [0, 0.1) is 0 Å². The third kappa shape index (κ3) is 5.43. The fraction of sp³-hybridized carbons (Fsp3) is 0.385. The van der Waals surface area contributed by atoms with E-state index in [1.165, 1.54) is 6.92 Å². The number of rotatable bonds is 5. The average Bonchev–Trinajstić information content (AvgIpc) is 2.31. The van der Waals surface area contributed by atoms with Gasteiger partial charge in [0.15, 0.2) is 10.6 Å². The van der Waals surface area contributed by atoms with Gasteiger partial charge in [-0.05, 0) is 30.3 Å². The second-order valence-electron chi connectivity index (χ2n) is 3.85. The molecule has 0 aromatic heterocycles. The summed E-state index contributed by atoms with van der Waals surface area (Å²) in [4.78, 5) is 22.8. The van der Waals surface area contributed by atoms with Crippen molar-refractivity contribution in [3.63, 3.8) is 0 Å². The van der Waals surface area contributed by atoms with Crippen LogP contribution in [-0.4, -0.2) is 11.1 Å². The van der Waals surface area contributed by atoms with E-state index in [9.17, 15) is 9.59 Å². The van der Waals surface area contributed by atoms with E-state index < -0.39 is 11.4 Å². The molecule has 1 aromatic carbocycles. The molecule has 1 rings (SSSR count). The van der Waals surface area contributed by atoms with Crippen LogP contribution >= 0.6 is 35.0 Å². The van der Waals surface area contributed by atoms with Gasteiger partial charge in [0.25, 0.3) is 0 Å². The molecule has 3 nitrogen and oxygen atoms in total. The Kier molecular flexibility index (Phi) is 6.69. The Morgan fingerprint density at radius 2 is 2.00 bits per heavy atom. The van der Waals surface area contributed by atoms with Crippen molar-refractivity contribution in [3.8, 4) is 0 Å². The number of hydrogen-bond acceptors (Lipinski definition) is 4. The zero-order valence-electron chi connectivity index (χ0n) is 10.6. The van der Waals surface area contributed by atoms with Gasteiger partial charge in [0.2, 0.25) is 0 Å². The van der Waals surface area contributed by atoms with Crippen LogP contribution in [0.15, 0.2) is 18.2 Å². The molecule has 0 radical (unpaired) electrons. The summed E-state index contributed by atoms with van der Waals surface area (Å²) in [5.41, 5.74) is -0.0506. The first-order valence-corrected chi connectivity index (χ1v) is 7.39. The van der Waals surface area contributed by atoms with E-state index in [-0.39, 0.29) is 5.12 Å². The molecule has 0 aliphatic heterocycles. The fourth-order valence-corrected chi connectivity index (χ4v) is 2.69. The maximum atomic E-state index is 11.7. The molecule has 0 amide bonds.